The summed E-state index contributed by atoms with van der Waals surface area (Å²) >= 11 is 6.25. The SMILES string of the molecule is Clc1cc(N2CCCC2)cc2cccnc12. The maximum Gasteiger partial charge on any atom is 0.0889 e. The van der Waals surface area contributed by atoms with Crippen molar-refractivity contribution >= 4 is 28.2 Å². The lowest BCUT2D eigenvalue weighted by atomic mass is 10.2. The quantitative estimate of drug-likeness (QED) is 0.748. The minimum Gasteiger partial charge on any atom is -0.371 e. The fourth-order valence-corrected chi connectivity index (χ4v) is 2.56. The van der Waals surface area contributed by atoms with Crippen LogP contribution in [0.25, 0.3) is 10.9 Å². The highest BCUT2D eigenvalue weighted by Gasteiger charge is 2.14. The van der Waals surface area contributed by atoms with Gasteiger partial charge in [-0.15, -0.1) is 0 Å². The third-order valence-corrected chi connectivity index (χ3v) is 3.40. The molecule has 0 aliphatic carbocycles. The molecule has 2 nitrogen and oxygen atoms in total. The van der Waals surface area contributed by atoms with Crippen LogP contribution in [0.15, 0.2) is 30.5 Å². The van der Waals surface area contributed by atoms with Crippen LogP contribution in [0.2, 0.25) is 5.02 Å². The van der Waals surface area contributed by atoms with Crippen molar-refractivity contribution in [2.75, 3.05) is 18.0 Å². The van der Waals surface area contributed by atoms with E-state index in [1.165, 1.54) is 18.5 Å². The smallest absolute Gasteiger partial charge is 0.0889 e. The monoisotopic (exact) mass is 232 g/mol. The normalized spacial score (nSPS) is 15.9. The van der Waals surface area contributed by atoms with Crippen molar-refractivity contribution in [1.82, 2.24) is 4.98 Å². The van der Waals surface area contributed by atoms with E-state index >= 15 is 0 Å². The fourth-order valence-electron chi connectivity index (χ4n) is 2.29. The summed E-state index contributed by atoms with van der Waals surface area (Å²) in [5.74, 6) is 0. The Morgan fingerprint density at radius 1 is 1.19 bits per heavy atom. The Balaban J connectivity index is 2.13. The largest absolute Gasteiger partial charge is 0.371 e. The van der Waals surface area contributed by atoms with E-state index in [0.29, 0.717) is 0 Å². The number of rotatable bonds is 1. The van der Waals surface area contributed by atoms with E-state index in [1.54, 1.807) is 6.20 Å². The van der Waals surface area contributed by atoms with Gasteiger partial charge in [0, 0.05) is 30.4 Å². The van der Waals surface area contributed by atoms with Gasteiger partial charge in [-0.05, 0) is 31.0 Å². The molecule has 1 saturated heterocycles. The summed E-state index contributed by atoms with van der Waals surface area (Å²) in [6.45, 7) is 2.28. The highest BCUT2D eigenvalue weighted by atomic mass is 35.5. The van der Waals surface area contributed by atoms with Gasteiger partial charge in [0.05, 0.1) is 10.5 Å². The number of nitrogens with zero attached hydrogens (tertiary/aromatic N) is 2. The minimum atomic E-state index is 0.750. The molecule has 0 saturated carbocycles. The molecule has 2 heterocycles. The molecule has 0 spiro atoms. The van der Waals surface area contributed by atoms with E-state index in [1.807, 2.05) is 12.1 Å². The Bertz CT molecular complexity index is 518. The average Bonchev–Trinajstić information content (AvgIpc) is 2.82. The number of benzene rings is 1. The van der Waals surface area contributed by atoms with E-state index < -0.39 is 0 Å². The zero-order valence-electron chi connectivity index (χ0n) is 8.99. The molecule has 0 atom stereocenters. The lowest BCUT2D eigenvalue weighted by molar-refractivity contribution is 0.949. The molecule has 0 bridgehead atoms. The molecular formula is C13H13ClN2. The van der Waals surface area contributed by atoms with E-state index in [-0.39, 0.29) is 0 Å². The first-order valence-corrected chi connectivity index (χ1v) is 6.01. The second-order valence-electron chi connectivity index (χ2n) is 4.20. The van der Waals surface area contributed by atoms with Gasteiger partial charge in [0.25, 0.3) is 0 Å². The van der Waals surface area contributed by atoms with Crippen molar-refractivity contribution in [1.29, 1.82) is 0 Å². The number of pyridine rings is 1. The average molecular weight is 233 g/mol. The van der Waals surface area contributed by atoms with Crippen molar-refractivity contribution in [3.05, 3.63) is 35.5 Å². The second-order valence-corrected chi connectivity index (χ2v) is 4.60. The Morgan fingerprint density at radius 3 is 2.81 bits per heavy atom. The Labute approximate surface area is 99.8 Å². The van der Waals surface area contributed by atoms with Crippen LogP contribution in [0.5, 0.6) is 0 Å². The number of anilines is 1. The Morgan fingerprint density at radius 2 is 2.00 bits per heavy atom. The molecule has 3 heteroatoms. The van der Waals surface area contributed by atoms with E-state index in [9.17, 15) is 0 Å². The van der Waals surface area contributed by atoms with Gasteiger partial charge >= 0.3 is 0 Å². The number of halogens is 1. The lowest BCUT2D eigenvalue weighted by Crippen LogP contribution is -2.17. The summed E-state index contributed by atoms with van der Waals surface area (Å²) in [4.78, 5) is 6.69. The van der Waals surface area contributed by atoms with Crippen molar-refractivity contribution < 1.29 is 0 Å². The Kier molecular flexibility index (Phi) is 2.44. The van der Waals surface area contributed by atoms with E-state index in [2.05, 4.69) is 22.0 Å². The number of fused-ring (bicyclic) bond motifs is 1. The molecule has 1 aromatic heterocycles. The number of hydrogen-bond donors (Lipinski definition) is 0. The summed E-state index contributed by atoms with van der Waals surface area (Å²) in [5, 5.41) is 1.87. The Hall–Kier alpha value is -1.28. The van der Waals surface area contributed by atoms with Gasteiger partial charge in [-0.1, -0.05) is 17.7 Å². The molecule has 0 N–H and O–H groups in total. The first-order chi connectivity index (χ1) is 7.84. The molecular weight excluding hydrogens is 220 g/mol. The van der Waals surface area contributed by atoms with Crippen LogP contribution in [0.3, 0.4) is 0 Å². The fraction of sp³-hybridized carbons (Fsp3) is 0.308. The van der Waals surface area contributed by atoms with Crippen molar-refractivity contribution in [2.45, 2.75) is 12.8 Å². The molecule has 1 aromatic carbocycles. The minimum absolute atomic E-state index is 0.750. The molecule has 1 aliphatic rings. The van der Waals surface area contributed by atoms with Crippen molar-refractivity contribution in [3.8, 4) is 0 Å². The van der Waals surface area contributed by atoms with Gasteiger partial charge in [0.1, 0.15) is 0 Å². The van der Waals surface area contributed by atoms with Gasteiger partial charge in [-0.2, -0.15) is 0 Å². The number of aromatic nitrogens is 1. The van der Waals surface area contributed by atoms with Crippen LogP contribution < -0.4 is 4.90 Å². The second kappa shape index (κ2) is 3.95. The van der Waals surface area contributed by atoms with Gasteiger partial charge in [0.2, 0.25) is 0 Å². The predicted octanol–water partition coefficient (Wildman–Crippen LogP) is 3.49. The molecule has 1 aliphatic heterocycles. The maximum absolute atomic E-state index is 6.25. The number of hydrogen-bond acceptors (Lipinski definition) is 2. The predicted molar refractivity (Wildman–Crippen MR) is 68.2 cm³/mol. The molecule has 1 fully saturated rings. The van der Waals surface area contributed by atoms with E-state index in [4.69, 9.17) is 11.6 Å². The van der Waals surface area contributed by atoms with Gasteiger partial charge < -0.3 is 4.90 Å². The first kappa shape index (κ1) is 9.91. The molecule has 2 aromatic rings. The zero-order chi connectivity index (χ0) is 11.0. The van der Waals surface area contributed by atoms with Crippen molar-refractivity contribution in [3.63, 3.8) is 0 Å². The summed E-state index contributed by atoms with van der Waals surface area (Å²) < 4.78 is 0. The summed E-state index contributed by atoms with van der Waals surface area (Å²) in [7, 11) is 0. The highest BCUT2D eigenvalue weighted by molar-refractivity contribution is 6.35. The van der Waals surface area contributed by atoms with Crippen LogP contribution in [-0.2, 0) is 0 Å². The summed E-state index contributed by atoms with van der Waals surface area (Å²) in [6, 6.07) is 8.22. The zero-order valence-corrected chi connectivity index (χ0v) is 9.74. The topological polar surface area (TPSA) is 16.1 Å². The standard InChI is InChI=1S/C13H13ClN2/c14-12-9-11(16-6-1-2-7-16)8-10-4-3-5-15-13(10)12/h3-5,8-9H,1-2,6-7H2. The highest BCUT2D eigenvalue weighted by Crippen LogP contribution is 2.29. The molecule has 0 radical (unpaired) electrons. The van der Waals surface area contributed by atoms with Crippen LogP contribution in [-0.4, -0.2) is 18.1 Å². The summed E-state index contributed by atoms with van der Waals surface area (Å²) in [5.41, 5.74) is 2.12. The first-order valence-electron chi connectivity index (χ1n) is 5.64. The molecule has 0 unspecified atom stereocenters. The van der Waals surface area contributed by atoms with Crippen LogP contribution >= 0.6 is 11.6 Å². The molecule has 16 heavy (non-hydrogen) atoms. The molecule has 0 amide bonds. The van der Waals surface area contributed by atoms with E-state index in [0.717, 1.165) is 29.0 Å². The third-order valence-electron chi connectivity index (χ3n) is 3.11. The van der Waals surface area contributed by atoms with Gasteiger partial charge in [0.15, 0.2) is 0 Å². The third kappa shape index (κ3) is 1.63. The maximum atomic E-state index is 6.25. The van der Waals surface area contributed by atoms with Crippen LogP contribution in [0.1, 0.15) is 12.8 Å². The van der Waals surface area contributed by atoms with Crippen LogP contribution in [0.4, 0.5) is 5.69 Å². The molecule has 82 valence electrons. The molecule has 3 rings (SSSR count). The van der Waals surface area contributed by atoms with Crippen molar-refractivity contribution in [2.24, 2.45) is 0 Å². The van der Waals surface area contributed by atoms with Crippen LogP contribution in [0, 0.1) is 0 Å². The summed E-state index contributed by atoms with van der Waals surface area (Å²) in [6.07, 6.45) is 4.34. The van der Waals surface area contributed by atoms with Gasteiger partial charge in [-0.3, -0.25) is 4.98 Å². The lowest BCUT2D eigenvalue weighted by Gasteiger charge is -2.18. The van der Waals surface area contributed by atoms with Gasteiger partial charge in [-0.25, -0.2) is 0 Å².